The predicted octanol–water partition coefficient (Wildman–Crippen LogP) is 4.35. The van der Waals surface area contributed by atoms with E-state index in [1.54, 1.807) is 6.08 Å². The summed E-state index contributed by atoms with van der Waals surface area (Å²) in [5, 5.41) is 3.30. The summed E-state index contributed by atoms with van der Waals surface area (Å²) < 4.78 is 36.0. The van der Waals surface area contributed by atoms with Crippen molar-refractivity contribution < 1.29 is 13.5 Å². The minimum atomic E-state index is -0.599. The van der Waals surface area contributed by atoms with E-state index in [1.165, 1.54) is 18.4 Å². The van der Waals surface area contributed by atoms with E-state index in [0.29, 0.717) is 36.1 Å². The summed E-state index contributed by atoms with van der Waals surface area (Å²) in [5.41, 5.74) is 2.85. The molecule has 6 rings (SSSR count). The standard InChI is InChI=1S/C29H35F2N7O/c1-18-12-21-22(13-18)28(31)24(15-23(21)30)39-29-34-26(33-25-14-20(17-32-25)19-4-5-19)16-27(35-29)38-10-8-37(9-11-38)7-6-36(2)3/h13-16,19H,4-12,17H2,1-3H3,(H,32,33,34,35). The van der Waals surface area contributed by atoms with Gasteiger partial charge in [-0.2, -0.15) is 9.97 Å². The first kappa shape index (κ1) is 25.9. The smallest absolute Gasteiger partial charge is 0.326 e. The third-order valence-corrected chi connectivity index (χ3v) is 7.74. The maximum Gasteiger partial charge on any atom is 0.326 e. The zero-order chi connectivity index (χ0) is 27.1. The fourth-order valence-electron chi connectivity index (χ4n) is 5.32. The summed E-state index contributed by atoms with van der Waals surface area (Å²) >= 11 is 0. The van der Waals surface area contributed by atoms with Crippen molar-refractivity contribution in [3.63, 3.8) is 0 Å². The number of ether oxygens (including phenoxy) is 1. The van der Waals surface area contributed by atoms with E-state index in [2.05, 4.69) is 55.1 Å². The number of rotatable bonds is 8. The van der Waals surface area contributed by atoms with Gasteiger partial charge in [0.25, 0.3) is 0 Å². The molecule has 2 aromatic rings. The molecule has 0 amide bonds. The summed E-state index contributed by atoms with van der Waals surface area (Å²) in [6.07, 6.45) is 6.61. The van der Waals surface area contributed by atoms with Crippen molar-refractivity contribution in [3.05, 3.63) is 52.1 Å². The molecule has 0 radical (unpaired) electrons. The Hall–Kier alpha value is -3.37. The molecule has 1 saturated heterocycles. The molecule has 1 saturated carbocycles. The van der Waals surface area contributed by atoms with Gasteiger partial charge in [0.1, 0.15) is 23.3 Å². The average Bonchev–Trinajstić information content (AvgIpc) is 3.53. The molecule has 2 aliphatic carbocycles. The van der Waals surface area contributed by atoms with E-state index in [0.717, 1.165) is 56.7 Å². The normalized spacial score (nSPS) is 19.2. The van der Waals surface area contributed by atoms with Crippen LogP contribution < -0.4 is 15.0 Å². The number of aromatic nitrogens is 2. The van der Waals surface area contributed by atoms with Crippen LogP contribution in [0.3, 0.4) is 0 Å². The molecule has 206 valence electrons. The van der Waals surface area contributed by atoms with Gasteiger partial charge in [0.15, 0.2) is 11.6 Å². The van der Waals surface area contributed by atoms with Crippen LogP contribution >= 0.6 is 0 Å². The Morgan fingerprint density at radius 1 is 1.08 bits per heavy atom. The number of halogens is 2. The minimum absolute atomic E-state index is 0.0352. The molecular weight excluding hydrogens is 500 g/mol. The maximum atomic E-state index is 15.3. The number of benzene rings is 1. The molecule has 2 aliphatic heterocycles. The second-order valence-electron chi connectivity index (χ2n) is 11.2. The average molecular weight is 536 g/mol. The predicted molar refractivity (Wildman–Crippen MR) is 150 cm³/mol. The third-order valence-electron chi connectivity index (χ3n) is 7.74. The first-order valence-electron chi connectivity index (χ1n) is 13.7. The number of fused-ring (bicyclic) bond motifs is 1. The molecular formula is C29H35F2N7O. The van der Waals surface area contributed by atoms with E-state index < -0.39 is 11.6 Å². The van der Waals surface area contributed by atoms with Gasteiger partial charge >= 0.3 is 6.01 Å². The van der Waals surface area contributed by atoms with Gasteiger partial charge in [-0.25, -0.2) is 8.78 Å². The molecule has 0 unspecified atom stereocenters. The van der Waals surface area contributed by atoms with Crippen LogP contribution in [-0.2, 0) is 6.42 Å². The van der Waals surface area contributed by atoms with Crippen LogP contribution in [-0.4, -0.2) is 85.5 Å². The first-order chi connectivity index (χ1) is 18.8. The molecule has 1 aromatic heterocycles. The first-order valence-corrected chi connectivity index (χ1v) is 13.7. The van der Waals surface area contributed by atoms with Gasteiger partial charge in [0.05, 0.1) is 6.54 Å². The van der Waals surface area contributed by atoms with E-state index in [4.69, 9.17) is 4.74 Å². The molecule has 3 heterocycles. The van der Waals surface area contributed by atoms with Crippen molar-refractivity contribution >= 4 is 23.5 Å². The van der Waals surface area contributed by atoms with E-state index >= 15 is 4.39 Å². The van der Waals surface area contributed by atoms with Crippen LogP contribution in [0.25, 0.3) is 6.08 Å². The lowest BCUT2D eigenvalue weighted by Crippen LogP contribution is -2.48. The van der Waals surface area contributed by atoms with Gasteiger partial charge in [-0.15, -0.1) is 0 Å². The molecule has 1 N–H and O–H groups in total. The van der Waals surface area contributed by atoms with Crippen molar-refractivity contribution in [1.82, 2.24) is 19.8 Å². The van der Waals surface area contributed by atoms with Crippen LogP contribution in [0.1, 0.15) is 30.9 Å². The monoisotopic (exact) mass is 535 g/mol. The number of aliphatic imine (C=N–C) groups is 1. The Balaban J connectivity index is 1.26. The third kappa shape index (κ3) is 5.81. The van der Waals surface area contributed by atoms with Crippen LogP contribution in [0, 0.1) is 17.6 Å². The molecule has 39 heavy (non-hydrogen) atoms. The van der Waals surface area contributed by atoms with Crippen molar-refractivity contribution in [1.29, 1.82) is 0 Å². The van der Waals surface area contributed by atoms with Gasteiger partial charge in [-0.3, -0.25) is 9.89 Å². The Morgan fingerprint density at radius 2 is 1.87 bits per heavy atom. The molecule has 0 spiro atoms. The zero-order valence-electron chi connectivity index (χ0n) is 22.8. The fourth-order valence-corrected chi connectivity index (χ4v) is 5.32. The highest BCUT2D eigenvalue weighted by atomic mass is 19.1. The van der Waals surface area contributed by atoms with Crippen LogP contribution in [0.15, 0.2) is 34.3 Å². The molecule has 1 aromatic carbocycles. The molecule has 0 bridgehead atoms. The summed E-state index contributed by atoms with van der Waals surface area (Å²) in [4.78, 5) is 20.6. The van der Waals surface area contributed by atoms with Gasteiger partial charge in [-0.1, -0.05) is 11.6 Å². The lowest BCUT2D eigenvalue weighted by atomic mass is 10.1. The van der Waals surface area contributed by atoms with E-state index in [-0.39, 0.29) is 17.3 Å². The number of nitrogens with zero attached hydrogens (tertiary/aromatic N) is 6. The topological polar surface area (TPSA) is 69.1 Å². The highest BCUT2D eigenvalue weighted by Crippen LogP contribution is 2.38. The summed E-state index contributed by atoms with van der Waals surface area (Å²) in [7, 11) is 4.16. The maximum absolute atomic E-state index is 15.3. The quantitative estimate of drug-likeness (QED) is 0.539. The highest BCUT2D eigenvalue weighted by Gasteiger charge is 2.28. The van der Waals surface area contributed by atoms with Gasteiger partial charge in [-0.05, 0) is 57.8 Å². The van der Waals surface area contributed by atoms with Crippen LogP contribution in [0.4, 0.5) is 20.4 Å². The second-order valence-corrected chi connectivity index (χ2v) is 11.2. The van der Waals surface area contributed by atoms with Gasteiger partial charge < -0.3 is 19.9 Å². The fraction of sp³-hybridized carbons (Fsp3) is 0.483. The summed E-state index contributed by atoms with van der Waals surface area (Å²) in [6.45, 7) is 7.99. The van der Waals surface area contributed by atoms with Crippen molar-refractivity contribution in [2.75, 3.05) is 70.1 Å². The van der Waals surface area contributed by atoms with E-state index in [1.807, 2.05) is 13.0 Å². The lowest BCUT2D eigenvalue weighted by Gasteiger charge is -2.35. The number of nitrogens with one attached hydrogen (secondary N) is 1. The summed E-state index contributed by atoms with van der Waals surface area (Å²) in [5.74, 6) is 1.27. The Morgan fingerprint density at radius 3 is 2.62 bits per heavy atom. The SMILES string of the molecule is CC1=Cc2c(F)c(Oc3nc(NC4=NCC(C5CC5)=C4)cc(N4CCN(CCN(C)C)CC4)n3)cc(F)c2C1. The number of allylic oxidation sites excluding steroid dienone is 1. The largest absolute Gasteiger partial charge is 0.421 e. The second kappa shape index (κ2) is 10.7. The molecule has 10 heteroatoms. The number of amidine groups is 1. The minimum Gasteiger partial charge on any atom is -0.421 e. The number of hydrogen-bond acceptors (Lipinski definition) is 8. The highest BCUT2D eigenvalue weighted by molar-refractivity contribution is 6.05. The molecule has 4 aliphatic rings. The van der Waals surface area contributed by atoms with E-state index in [9.17, 15) is 4.39 Å². The number of anilines is 2. The Kier molecular flexibility index (Phi) is 7.07. The Labute approximate surface area is 228 Å². The molecule has 8 nitrogen and oxygen atoms in total. The van der Waals surface area contributed by atoms with Crippen molar-refractivity contribution in [2.45, 2.75) is 26.2 Å². The van der Waals surface area contributed by atoms with Gasteiger partial charge in [0.2, 0.25) is 0 Å². The number of hydrogen-bond donors (Lipinski definition) is 1. The molecule has 0 atom stereocenters. The lowest BCUT2D eigenvalue weighted by molar-refractivity contribution is 0.229. The summed E-state index contributed by atoms with van der Waals surface area (Å²) in [6, 6.07) is 2.94. The van der Waals surface area contributed by atoms with Crippen LogP contribution in [0.2, 0.25) is 0 Å². The van der Waals surface area contributed by atoms with Crippen molar-refractivity contribution in [2.24, 2.45) is 10.9 Å². The van der Waals surface area contributed by atoms with Crippen molar-refractivity contribution in [3.8, 4) is 11.8 Å². The molecule has 2 fully saturated rings. The number of likely N-dealkylation sites (N-methyl/N-ethyl adjacent to an activating group) is 1. The Bertz CT molecular complexity index is 1360. The zero-order valence-corrected chi connectivity index (χ0v) is 22.8. The van der Waals surface area contributed by atoms with Crippen LogP contribution in [0.5, 0.6) is 11.8 Å². The van der Waals surface area contributed by atoms with Gasteiger partial charge in [0, 0.05) is 62.5 Å². The number of piperazine rings is 1.